The summed E-state index contributed by atoms with van der Waals surface area (Å²) in [5, 5.41) is 15.7. The number of nitrogens with one attached hydrogen (secondary N) is 2. The van der Waals surface area contributed by atoms with E-state index in [1.807, 2.05) is 109 Å². The van der Waals surface area contributed by atoms with Gasteiger partial charge in [0, 0.05) is 6.42 Å². The second kappa shape index (κ2) is 20.3. The van der Waals surface area contributed by atoms with Gasteiger partial charge in [-0.15, -0.1) is 0 Å². The third-order valence-electron chi connectivity index (χ3n) is 8.93. The minimum atomic E-state index is -1.29. The summed E-state index contributed by atoms with van der Waals surface area (Å²) in [6.07, 6.45) is 4.73. The van der Waals surface area contributed by atoms with Gasteiger partial charge in [0.1, 0.15) is 25.6 Å². The number of allylic oxidation sites excluding steroid dienone is 2. The van der Waals surface area contributed by atoms with Crippen molar-refractivity contribution in [3.8, 4) is 5.75 Å². The zero-order valence-corrected chi connectivity index (χ0v) is 29.6. The lowest BCUT2D eigenvalue weighted by Crippen LogP contribution is -2.49. The summed E-state index contributed by atoms with van der Waals surface area (Å²) in [7, 11) is 0. The molecule has 0 fully saturated rings. The van der Waals surface area contributed by atoms with Crippen LogP contribution >= 0.6 is 0 Å². The topological polar surface area (TPSA) is 140 Å². The van der Waals surface area contributed by atoms with Crippen molar-refractivity contribution in [3.05, 3.63) is 150 Å². The number of cyclic esters (lactones) is 1. The number of carbonyl (C=O) groups is 4. The zero-order chi connectivity index (χ0) is 37.3. The second-order valence-corrected chi connectivity index (χ2v) is 13.1. The van der Waals surface area contributed by atoms with E-state index in [0.29, 0.717) is 31.6 Å². The third-order valence-corrected chi connectivity index (χ3v) is 8.93. The summed E-state index contributed by atoms with van der Waals surface area (Å²) in [5.41, 5.74) is 3.66. The molecule has 0 saturated carbocycles. The molecule has 0 aromatic heterocycles. The van der Waals surface area contributed by atoms with E-state index >= 15 is 0 Å². The fourth-order valence-corrected chi connectivity index (χ4v) is 5.96. The van der Waals surface area contributed by atoms with Gasteiger partial charge in [-0.2, -0.15) is 0 Å². The zero-order valence-electron chi connectivity index (χ0n) is 29.6. The van der Waals surface area contributed by atoms with E-state index in [0.717, 1.165) is 22.3 Å². The third kappa shape index (κ3) is 12.8. The Kier molecular flexibility index (Phi) is 14.8. The Labute approximate surface area is 310 Å². The Balaban J connectivity index is 1.23. The molecule has 0 bridgehead atoms. The number of hydrogen-bond donors (Lipinski definition) is 3. The molecule has 53 heavy (non-hydrogen) atoms. The van der Waals surface area contributed by atoms with Crippen LogP contribution < -0.4 is 15.4 Å². The summed E-state index contributed by atoms with van der Waals surface area (Å²) in [5.74, 6) is -2.91. The molecular formula is C43H46N2O8. The molecule has 1 heterocycles. The molecule has 4 aromatic rings. The summed E-state index contributed by atoms with van der Waals surface area (Å²) >= 11 is 0. The Bertz CT molecular complexity index is 1780. The molecule has 0 radical (unpaired) electrons. The number of hydrogen-bond acceptors (Lipinski definition) is 8. The highest BCUT2D eigenvalue weighted by atomic mass is 16.6. The van der Waals surface area contributed by atoms with E-state index in [9.17, 15) is 24.3 Å². The van der Waals surface area contributed by atoms with Crippen LogP contribution in [0.25, 0.3) is 0 Å². The Morgan fingerprint density at radius 3 is 1.96 bits per heavy atom. The first-order valence-corrected chi connectivity index (χ1v) is 17.9. The monoisotopic (exact) mass is 718 g/mol. The van der Waals surface area contributed by atoms with Crippen molar-refractivity contribution in [2.45, 2.75) is 57.4 Å². The van der Waals surface area contributed by atoms with Crippen LogP contribution in [0.15, 0.2) is 127 Å². The predicted molar refractivity (Wildman–Crippen MR) is 199 cm³/mol. The average molecular weight is 719 g/mol. The van der Waals surface area contributed by atoms with Crippen LogP contribution in [0.1, 0.15) is 41.5 Å². The van der Waals surface area contributed by atoms with E-state index in [2.05, 4.69) is 10.6 Å². The van der Waals surface area contributed by atoms with Crippen molar-refractivity contribution in [3.63, 3.8) is 0 Å². The van der Waals surface area contributed by atoms with Crippen LogP contribution in [0.5, 0.6) is 5.75 Å². The van der Waals surface area contributed by atoms with Gasteiger partial charge in [0.05, 0.1) is 24.5 Å². The highest BCUT2D eigenvalue weighted by Gasteiger charge is 2.31. The molecule has 4 aromatic carbocycles. The normalized spacial score (nSPS) is 18.3. The molecule has 0 aliphatic carbocycles. The number of rotatable bonds is 14. The number of aliphatic hydroxyl groups excluding tert-OH is 1. The Morgan fingerprint density at radius 2 is 1.34 bits per heavy atom. The first-order valence-electron chi connectivity index (χ1n) is 17.9. The number of ether oxygens (including phenoxy) is 3. The molecular weight excluding hydrogens is 672 g/mol. The SMILES string of the molecule is O=C(CC1CC=CCC(Cc2ccccc2)C(=O)OCC(C(=O)OCc2ccccc2)NC1=O)NC(CO)Cc1ccc(OCc2ccccc2)cc1. The molecule has 10 heteroatoms. The van der Waals surface area contributed by atoms with Gasteiger partial charge in [-0.1, -0.05) is 115 Å². The number of amides is 2. The van der Waals surface area contributed by atoms with Gasteiger partial charge in [-0.05, 0) is 60.1 Å². The lowest BCUT2D eigenvalue weighted by atomic mass is 9.94. The standard InChI is InChI=1S/C43H46N2O8/c46-27-37(25-32-20-22-38(23-21-32)51-28-33-14-6-2-7-15-33)44-40(47)26-35-18-10-11-19-36(24-31-12-4-1-5-13-31)42(49)53-30-39(45-41(35)48)43(50)52-29-34-16-8-3-9-17-34/h1-17,20-23,35-37,39,46H,18-19,24-30H2,(H,44,47)(H,45,48). The van der Waals surface area contributed by atoms with Crippen LogP contribution in [-0.4, -0.2) is 54.2 Å². The largest absolute Gasteiger partial charge is 0.489 e. The number of carbonyl (C=O) groups excluding carboxylic acids is 4. The van der Waals surface area contributed by atoms with Crippen LogP contribution in [0, 0.1) is 11.8 Å². The summed E-state index contributed by atoms with van der Waals surface area (Å²) in [4.78, 5) is 53.5. The minimum absolute atomic E-state index is 0.0306. The van der Waals surface area contributed by atoms with E-state index in [4.69, 9.17) is 14.2 Å². The molecule has 4 atom stereocenters. The number of aliphatic hydroxyl groups is 1. The van der Waals surface area contributed by atoms with Gasteiger partial charge in [0.25, 0.3) is 0 Å². The van der Waals surface area contributed by atoms with Crippen molar-refractivity contribution in [1.29, 1.82) is 0 Å². The molecule has 2 amide bonds. The smallest absolute Gasteiger partial charge is 0.332 e. The van der Waals surface area contributed by atoms with Crippen LogP contribution in [-0.2, 0) is 54.7 Å². The van der Waals surface area contributed by atoms with Gasteiger partial charge in [0.15, 0.2) is 6.04 Å². The summed E-state index contributed by atoms with van der Waals surface area (Å²) in [6.45, 7) is -0.321. The van der Waals surface area contributed by atoms with Crippen molar-refractivity contribution < 1.29 is 38.5 Å². The molecule has 10 nitrogen and oxygen atoms in total. The number of esters is 2. The maximum atomic E-state index is 13.6. The summed E-state index contributed by atoms with van der Waals surface area (Å²) in [6, 6.07) is 34.1. The predicted octanol–water partition coefficient (Wildman–Crippen LogP) is 5.27. The van der Waals surface area contributed by atoms with E-state index in [1.165, 1.54) is 0 Å². The van der Waals surface area contributed by atoms with E-state index < -0.39 is 54.3 Å². The van der Waals surface area contributed by atoms with Gasteiger partial charge >= 0.3 is 11.9 Å². The van der Waals surface area contributed by atoms with Crippen LogP contribution in [0.4, 0.5) is 0 Å². The molecule has 276 valence electrons. The Morgan fingerprint density at radius 1 is 0.755 bits per heavy atom. The average Bonchev–Trinajstić information content (AvgIpc) is 3.19. The van der Waals surface area contributed by atoms with Gasteiger partial charge in [0.2, 0.25) is 11.8 Å². The molecule has 1 aliphatic rings. The molecule has 0 saturated heterocycles. The van der Waals surface area contributed by atoms with Crippen molar-refractivity contribution >= 4 is 23.8 Å². The van der Waals surface area contributed by atoms with Gasteiger partial charge in [-0.3, -0.25) is 14.4 Å². The number of benzene rings is 4. The quantitative estimate of drug-likeness (QED) is 0.118. The minimum Gasteiger partial charge on any atom is -0.489 e. The van der Waals surface area contributed by atoms with E-state index in [-0.39, 0.29) is 26.1 Å². The Hall–Kier alpha value is -5.74. The van der Waals surface area contributed by atoms with Crippen molar-refractivity contribution in [1.82, 2.24) is 10.6 Å². The maximum absolute atomic E-state index is 13.6. The fourth-order valence-electron chi connectivity index (χ4n) is 5.96. The van der Waals surface area contributed by atoms with Crippen LogP contribution in [0.3, 0.4) is 0 Å². The van der Waals surface area contributed by atoms with Gasteiger partial charge < -0.3 is 30.0 Å². The fraction of sp³-hybridized carbons (Fsp3) is 0.302. The molecule has 4 unspecified atom stereocenters. The van der Waals surface area contributed by atoms with Crippen molar-refractivity contribution in [2.24, 2.45) is 11.8 Å². The lowest BCUT2D eigenvalue weighted by molar-refractivity contribution is -0.157. The maximum Gasteiger partial charge on any atom is 0.332 e. The first kappa shape index (κ1) is 38.5. The molecule has 0 spiro atoms. The highest BCUT2D eigenvalue weighted by molar-refractivity contribution is 5.89. The van der Waals surface area contributed by atoms with E-state index in [1.54, 1.807) is 18.2 Å². The summed E-state index contributed by atoms with van der Waals surface area (Å²) < 4.78 is 17.0. The molecule has 5 rings (SSSR count). The first-order chi connectivity index (χ1) is 25.9. The van der Waals surface area contributed by atoms with Gasteiger partial charge in [-0.25, -0.2) is 4.79 Å². The molecule has 3 N–H and O–H groups in total. The van der Waals surface area contributed by atoms with Crippen LogP contribution in [0.2, 0.25) is 0 Å². The lowest BCUT2D eigenvalue weighted by Gasteiger charge is -2.24. The second-order valence-electron chi connectivity index (χ2n) is 13.1. The molecule has 1 aliphatic heterocycles. The van der Waals surface area contributed by atoms with Crippen molar-refractivity contribution in [2.75, 3.05) is 13.2 Å². The highest BCUT2D eigenvalue weighted by Crippen LogP contribution is 2.20.